The Bertz CT molecular complexity index is 280. The minimum atomic E-state index is -0.253. The van der Waals surface area contributed by atoms with Gasteiger partial charge in [0.25, 0.3) is 0 Å². The van der Waals surface area contributed by atoms with Crippen LogP contribution in [0.3, 0.4) is 0 Å². The van der Waals surface area contributed by atoms with Crippen LogP contribution in [-0.4, -0.2) is 23.8 Å². The third kappa shape index (κ3) is 1.11. The molecule has 2 rings (SSSR count). The first-order valence-corrected chi connectivity index (χ1v) is 4.12. The van der Waals surface area contributed by atoms with E-state index in [4.69, 9.17) is 0 Å². The Morgan fingerprint density at radius 1 is 1.64 bits per heavy atom. The van der Waals surface area contributed by atoms with Gasteiger partial charge < -0.3 is 4.90 Å². The molecule has 11 heavy (non-hydrogen) atoms. The van der Waals surface area contributed by atoms with Crippen molar-refractivity contribution >= 4 is 21.8 Å². The molecule has 0 aromatic rings. The zero-order valence-corrected chi connectivity index (χ0v) is 7.31. The van der Waals surface area contributed by atoms with Gasteiger partial charge in [0.05, 0.1) is 6.54 Å². The Morgan fingerprint density at radius 2 is 2.45 bits per heavy atom. The zero-order valence-electron chi connectivity index (χ0n) is 5.72. The maximum atomic E-state index is 13.0. The second-order valence-corrected chi connectivity index (χ2v) is 3.32. The van der Waals surface area contributed by atoms with Gasteiger partial charge in [0.15, 0.2) is 11.7 Å². The molecule has 0 aromatic heterocycles. The van der Waals surface area contributed by atoms with E-state index in [2.05, 4.69) is 20.9 Å². The number of halogens is 2. The lowest BCUT2D eigenvalue weighted by Gasteiger charge is -2.17. The Morgan fingerprint density at radius 3 is 3.27 bits per heavy atom. The van der Waals surface area contributed by atoms with Gasteiger partial charge in [-0.15, -0.1) is 0 Å². The molecule has 0 fully saturated rings. The van der Waals surface area contributed by atoms with Gasteiger partial charge >= 0.3 is 0 Å². The minimum absolute atomic E-state index is 0.253. The second kappa shape index (κ2) is 2.44. The molecule has 0 saturated carbocycles. The van der Waals surface area contributed by atoms with E-state index in [1.165, 1.54) is 6.08 Å². The Balaban J connectivity index is 2.40. The number of fused-ring (bicyclic) bond motifs is 1. The number of rotatable bonds is 0. The normalized spacial score (nSPS) is 22.4. The number of nitrogens with zero attached hydrogens (tertiary/aromatic N) is 2. The van der Waals surface area contributed by atoms with Crippen molar-refractivity contribution in [2.75, 3.05) is 13.1 Å². The average Bonchev–Trinajstić information content (AvgIpc) is 2.34. The molecular formula is C7H6BrFN2. The summed E-state index contributed by atoms with van der Waals surface area (Å²) in [6.45, 7) is 1.47. The Kier molecular flexibility index (Phi) is 1.56. The van der Waals surface area contributed by atoms with Crippen molar-refractivity contribution in [2.24, 2.45) is 4.99 Å². The zero-order chi connectivity index (χ0) is 7.84. The fourth-order valence-electron chi connectivity index (χ4n) is 1.17. The molecule has 58 valence electrons. The topological polar surface area (TPSA) is 15.6 Å². The summed E-state index contributed by atoms with van der Waals surface area (Å²) >= 11 is 3.21. The minimum Gasteiger partial charge on any atom is -0.328 e. The summed E-state index contributed by atoms with van der Waals surface area (Å²) in [5.74, 6) is 0.213. The summed E-state index contributed by atoms with van der Waals surface area (Å²) in [6.07, 6.45) is 3.27. The maximum Gasteiger partial charge on any atom is 0.166 e. The first-order valence-electron chi connectivity index (χ1n) is 3.33. The van der Waals surface area contributed by atoms with Gasteiger partial charge in [-0.05, 0) is 22.0 Å². The Labute approximate surface area is 72.2 Å². The average molecular weight is 217 g/mol. The van der Waals surface area contributed by atoms with Crippen LogP contribution in [0.4, 0.5) is 4.39 Å². The highest BCUT2D eigenvalue weighted by Crippen LogP contribution is 2.23. The lowest BCUT2D eigenvalue weighted by molar-refractivity contribution is 0.572. The number of allylic oxidation sites excluding steroid dienone is 2. The van der Waals surface area contributed by atoms with Crippen molar-refractivity contribution in [1.82, 2.24) is 4.90 Å². The van der Waals surface area contributed by atoms with E-state index in [0.717, 1.165) is 11.0 Å². The molecule has 0 spiro atoms. The second-order valence-electron chi connectivity index (χ2n) is 2.40. The summed E-state index contributed by atoms with van der Waals surface area (Å²) in [5.41, 5.74) is 0. The van der Waals surface area contributed by atoms with E-state index >= 15 is 0 Å². The fourth-order valence-corrected chi connectivity index (χ4v) is 1.62. The highest BCUT2D eigenvalue weighted by atomic mass is 79.9. The van der Waals surface area contributed by atoms with Crippen LogP contribution in [0.25, 0.3) is 0 Å². The number of amidine groups is 1. The maximum absolute atomic E-state index is 13.0. The summed E-state index contributed by atoms with van der Waals surface area (Å²) < 4.78 is 13.8. The van der Waals surface area contributed by atoms with Crippen molar-refractivity contribution in [3.63, 3.8) is 0 Å². The van der Waals surface area contributed by atoms with Crippen LogP contribution in [0.5, 0.6) is 0 Å². The molecule has 0 atom stereocenters. The predicted octanol–water partition coefficient (Wildman–Crippen LogP) is 1.80. The van der Waals surface area contributed by atoms with E-state index in [-0.39, 0.29) is 5.83 Å². The molecule has 0 radical (unpaired) electrons. The van der Waals surface area contributed by atoms with Crippen LogP contribution in [0.2, 0.25) is 0 Å². The van der Waals surface area contributed by atoms with Crippen LogP contribution in [0, 0.1) is 0 Å². The molecule has 0 aromatic carbocycles. The molecule has 0 unspecified atom stereocenters. The SMILES string of the molecule is FC1=CC(Br)=CN2CCN=C12. The molecule has 2 heterocycles. The van der Waals surface area contributed by atoms with E-state index in [9.17, 15) is 4.39 Å². The molecule has 4 heteroatoms. The molecule has 0 N–H and O–H groups in total. The highest BCUT2D eigenvalue weighted by Gasteiger charge is 2.22. The molecule has 2 nitrogen and oxygen atoms in total. The van der Waals surface area contributed by atoms with Crippen molar-refractivity contribution in [1.29, 1.82) is 0 Å². The fraction of sp³-hybridized carbons (Fsp3) is 0.286. The molecule has 0 bridgehead atoms. The Hall–Kier alpha value is -0.640. The van der Waals surface area contributed by atoms with Gasteiger partial charge in [-0.25, -0.2) is 4.39 Å². The first-order chi connectivity index (χ1) is 5.27. The third-order valence-corrected chi connectivity index (χ3v) is 2.07. The first kappa shape index (κ1) is 7.03. The lowest BCUT2D eigenvalue weighted by Crippen LogP contribution is -2.24. The number of hydrogen-bond donors (Lipinski definition) is 0. The van der Waals surface area contributed by atoms with Crippen LogP contribution in [0.15, 0.2) is 27.6 Å². The van der Waals surface area contributed by atoms with Crippen LogP contribution >= 0.6 is 15.9 Å². The van der Waals surface area contributed by atoms with Gasteiger partial charge in [-0.1, -0.05) is 0 Å². The van der Waals surface area contributed by atoms with E-state index in [1.807, 2.05) is 6.20 Å². The number of aliphatic imine (C=N–C) groups is 1. The van der Waals surface area contributed by atoms with Gasteiger partial charge in [-0.2, -0.15) is 0 Å². The van der Waals surface area contributed by atoms with Crippen molar-refractivity contribution in [2.45, 2.75) is 0 Å². The van der Waals surface area contributed by atoms with E-state index in [1.54, 1.807) is 4.90 Å². The summed E-state index contributed by atoms with van der Waals surface area (Å²) in [6, 6.07) is 0. The molecular weight excluding hydrogens is 211 g/mol. The predicted molar refractivity (Wildman–Crippen MR) is 45.2 cm³/mol. The van der Waals surface area contributed by atoms with Crippen LogP contribution < -0.4 is 0 Å². The smallest absolute Gasteiger partial charge is 0.166 e. The van der Waals surface area contributed by atoms with Crippen molar-refractivity contribution < 1.29 is 4.39 Å². The molecule has 0 saturated heterocycles. The van der Waals surface area contributed by atoms with Gasteiger partial charge in [0.1, 0.15) is 0 Å². The molecule has 2 aliphatic rings. The standard InChI is InChI=1S/C7H6BrFN2/c8-5-3-6(9)7-10-1-2-11(7)4-5/h3-4H,1-2H2. The van der Waals surface area contributed by atoms with Gasteiger partial charge in [0, 0.05) is 17.2 Å². The molecule has 0 amide bonds. The lowest BCUT2D eigenvalue weighted by atomic mass is 10.3. The summed E-state index contributed by atoms with van der Waals surface area (Å²) in [7, 11) is 0. The van der Waals surface area contributed by atoms with Crippen LogP contribution in [0.1, 0.15) is 0 Å². The summed E-state index contributed by atoms with van der Waals surface area (Å²) in [5, 5.41) is 0. The van der Waals surface area contributed by atoms with Gasteiger partial charge in [0.2, 0.25) is 0 Å². The van der Waals surface area contributed by atoms with Crippen molar-refractivity contribution in [3.05, 3.63) is 22.6 Å². The van der Waals surface area contributed by atoms with E-state index in [0.29, 0.717) is 12.4 Å². The van der Waals surface area contributed by atoms with Gasteiger partial charge in [-0.3, -0.25) is 4.99 Å². The molecule has 0 aliphatic carbocycles. The van der Waals surface area contributed by atoms with Crippen molar-refractivity contribution in [3.8, 4) is 0 Å². The van der Waals surface area contributed by atoms with E-state index < -0.39 is 0 Å². The highest BCUT2D eigenvalue weighted by molar-refractivity contribution is 9.11. The largest absolute Gasteiger partial charge is 0.328 e. The quantitative estimate of drug-likeness (QED) is 0.604. The summed E-state index contributed by atoms with van der Waals surface area (Å²) in [4.78, 5) is 5.81. The third-order valence-electron chi connectivity index (χ3n) is 1.63. The van der Waals surface area contributed by atoms with Crippen LogP contribution in [-0.2, 0) is 0 Å². The number of hydrogen-bond acceptors (Lipinski definition) is 2. The monoisotopic (exact) mass is 216 g/mol. The molecule has 2 aliphatic heterocycles.